The van der Waals surface area contributed by atoms with Gasteiger partial charge < -0.3 is 10.5 Å². The number of nitrogen functional groups attached to an aromatic ring is 1. The van der Waals surface area contributed by atoms with Crippen molar-refractivity contribution < 1.29 is 4.74 Å². The average Bonchev–Trinajstić information content (AvgIpc) is 3.05. The predicted octanol–water partition coefficient (Wildman–Crippen LogP) is 3.10. The first-order chi connectivity index (χ1) is 8.24. The molecule has 3 rings (SSSR count). The molecule has 1 aromatic heterocycles. The number of ether oxygens (including phenoxy) is 1. The van der Waals surface area contributed by atoms with Gasteiger partial charge in [-0.3, -0.25) is 0 Å². The van der Waals surface area contributed by atoms with E-state index in [2.05, 4.69) is 9.36 Å². The first-order valence-electron chi connectivity index (χ1n) is 5.60. The van der Waals surface area contributed by atoms with Gasteiger partial charge in [-0.1, -0.05) is 12.1 Å². The zero-order chi connectivity index (χ0) is 11.8. The maximum absolute atomic E-state index is 5.88. The highest BCUT2D eigenvalue weighted by atomic mass is 32.1. The highest BCUT2D eigenvalue weighted by Gasteiger charge is 2.28. The van der Waals surface area contributed by atoms with Crippen LogP contribution in [0.25, 0.3) is 0 Å². The topological polar surface area (TPSA) is 61.0 Å². The van der Waals surface area contributed by atoms with Gasteiger partial charge >= 0.3 is 0 Å². The second-order valence-corrected chi connectivity index (χ2v) is 5.00. The highest BCUT2D eigenvalue weighted by Crippen LogP contribution is 2.40. The van der Waals surface area contributed by atoms with Gasteiger partial charge in [-0.15, -0.1) is 0 Å². The van der Waals surface area contributed by atoms with Crippen molar-refractivity contribution >= 4 is 17.2 Å². The second kappa shape index (κ2) is 4.00. The van der Waals surface area contributed by atoms with E-state index in [0.29, 0.717) is 22.5 Å². The summed E-state index contributed by atoms with van der Waals surface area (Å²) in [5.74, 6) is 2.15. The van der Waals surface area contributed by atoms with E-state index in [-0.39, 0.29) is 0 Å². The number of para-hydroxylation sites is 1. The SMILES string of the molecule is Cc1cccc(N)c1Oc1nc(C2CC2)ns1. The fourth-order valence-corrected chi connectivity index (χ4v) is 2.29. The Morgan fingerprint density at radius 2 is 2.24 bits per heavy atom. The maximum Gasteiger partial charge on any atom is 0.298 e. The number of hydrogen-bond donors (Lipinski definition) is 1. The molecule has 1 aliphatic rings. The quantitative estimate of drug-likeness (QED) is 0.847. The van der Waals surface area contributed by atoms with Crippen LogP contribution in [0.3, 0.4) is 0 Å². The average molecular weight is 247 g/mol. The Balaban J connectivity index is 1.85. The summed E-state index contributed by atoms with van der Waals surface area (Å²) in [5.41, 5.74) is 7.52. The minimum Gasteiger partial charge on any atom is -0.427 e. The van der Waals surface area contributed by atoms with Crippen LogP contribution in [0.5, 0.6) is 10.9 Å². The standard InChI is InChI=1S/C12H13N3OS/c1-7-3-2-4-9(13)10(7)16-12-14-11(15-17-12)8-5-6-8/h2-4,8H,5-6,13H2,1H3. The van der Waals surface area contributed by atoms with Crippen molar-refractivity contribution in [3.63, 3.8) is 0 Å². The normalized spacial score (nSPS) is 14.9. The highest BCUT2D eigenvalue weighted by molar-refractivity contribution is 7.07. The number of benzene rings is 1. The van der Waals surface area contributed by atoms with Gasteiger partial charge in [0.25, 0.3) is 5.19 Å². The molecule has 4 nitrogen and oxygen atoms in total. The van der Waals surface area contributed by atoms with Gasteiger partial charge in [0, 0.05) is 17.5 Å². The van der Waals surface area contributed by atoms with Crippen LogP contribution in [-0.4, -0.2) is 9.36 Å². The molecule has 1 fully saturated rings. The van der Waals surface area contributed by atoms with E-state index in [1.807, 2.05) is 25.1 Å². The molecule has 17 heavy (non-hydrogen) atoms. The Hall–Kier alpha value is -1.62. The molecule has 2 aromatic rings. The molecule has 0 aliphatic heterocycles. The summed E-state index contributed by atoms with van der Waals surface area (Å²) in [6.07, 6.45) is 2.39. The van der Waals surface area contributed by atoms with E-state index in [1.54, 1.807) is 0 Å². The summed E-state index contributed by atoms with van der Waals surface area (Å²) >= 11 is 1.29. The monoisotopic (exact) mass is 247 g/mol. The fourth-order valence-electron chi connectivity index (χ4n) is 1.67. The predicted molar refractivity (Wildman–Crippen MR) is 67.5 cm³/mol. The first-order valence-corrected chi connectivity index (χ1v) is 6.38. The van der Waals surface area contributed by atoms with Crippen LogP contribution in [0, 0.1) is 6.92 Å². The number of aromatic nitrogens is 2. The van der Waals surface area contributed by atoms with Gasteiger partial charge in [0.05, 0.1) is 5.69 Å². The molecule has 0 bridgehead atoms. The Morgan fingerprint density at radius 3 is 2.94 bits per heavy atom. The molecule has 1 saturated carbocycles. The molecule has 0 atom stereocenters. The number of aryl methyl sites for hydroxylation is 1. The zero-order valence-electron chi connectivity index (χ0n) is 9.51. The Kier molecular flexibility index (Phi) is 2.48. The molecule has 0 amide bonds. The van der Waals surface area contributed by atoms with Crippen molar-refractivity contribution in [1.82, 2.24) is 9.36 Å². The van der Waals surface area contributed by atoms with E-state index >= 15 is 0 Å². The smallest absolute Gasteiger partial charge is 0.298 e. The minimum absolute atomic E-state index is 0.554. The second-order valence-electron chi connectivity index (χ2n) is 4.29. The third-order valence-electron chi connectivity index (χ3n) is 2.80. The lowest BCUT2D eigenvalue weighted by molar-refractivity contribution is 0.476. The molecule has 0 saturated heterocycles. The van der Waals surface area contributed by atoms with Gasteiger partial charge in [-0.25, -0.2) is 0 Å². The number of rotatable bonds is 3. The third-order valence-corrected chi connectivity index (χ3v) is 3.41. The van der Waals surface area contributed by atoms with Crippen LogP contribution in [-0.2, 0) is 0 Å². The van der Waals surface area contributed by atoms with Crippen LogP contribution >= 0.6 is 11.5 Å². The molecular weight excluding hydrogens is 234 g/mol. The number of nitrogens with zero attached hydrogens (tertiary/aromatic N) is 2. The molecule has 0 radical (unpaired) electrons. The van der Waals surface area contributed by atoms with E-state index in [0.717, 1.165) is 11.4 Å². The van der Waals surface area contributed by atoms with E-state index < -0.39 is 0 Å². The van der Waals surface area contributed by atoms with Crippen LogP contribution in [0.1, 0.15) is 30.1 Å². The fraction of sp³-hybridized carbons (Fsp3) is 0.333. The lowest BCUT2D eigenvalue weighted by Crippen LogP contribution is -1.94. The summed E-state index contributed by atoms with van der Waals surface area (Å²) in [7, 11) is 0. The summed E-state index contributed by atoms with van der Waals surface area (Å²) in [4.78, 5) is 4.38. The number of nitrogens with two attached hydrogens (primary N) is 1. The van der Waals surface area contributed by atoms with Crippen molar-refractivity contribution in [1.29, 1.82) is 0 Å². The molecule has 1 heterocycles. The molecule has 0 spiro atoms. The van der Waals surface area contributed by atoms with Gasteiger partial charge in [-0.05, 0) is 31.4 Å². The van der Waals surface area contributed by atoms with Crippen LogP contribution < -0.4 is 10.5 Å². The Bertz CT molecular complexity index is 528. The van der Waals surface area contributed by atoms with Crippen molar-refractivity contribution in [2.45, 2.75) is 25.7 Å². The maximum atomic E-state index is 5.88. The largest absolute Gasteiger partial charge is 0.427 e. The van der Waals surface area contributed by atoms with Crippen molar-refractivity contribution in [3.05, 3.63) is 29.6 Å². The third kappa shape index (κ3) is 2.10. The summed E-state index contributed by atoms with van der Waals surface area (Å²) in [6.45, 7) is 1.97. The Labute approximate surface area is 104 Å². The number of anilines is 1. The molecule has 1 aromatic carbocycles. The van der Waals surface area contributed by atoms with Gasteiger partial charge in [-0.2, -0.15) is 9.36 Å². The van der Waals surface area contributed by atoms with Gasteiger partial charge in [0.2, 0.25) is 0 Å². The molecule has 1 aliphatic carbocycles. The summed E-state index contributed by atoms with van der Waals surface area (Å²) < 4.78 is 10.0. The van der Waals surface area contributed by atoms with E-state index in [9.17, 15) is 0 Å². The molecule has 88 valence electrons. The van der Waals surface area contributed by atoms with Gasteiger partial charge in [0.15, 0.2) is 5.75 Å². The van der Waals surface area contributed by atoms with E-state index in [4.69, 9.17) is 10.5 Å². The van der Waals surface area contributed by atoms with Crippen LogP contribution in [0.4, 0.5) is 5.69 Å². The van der Waals surface area contributed by atoms with Crippen molar-refractivity contribution in [3.8, 4) is 10.9 Å². The summed E-state index contributed by atoms with van der Waals surface area (Å²) in [6, 6.07) is 5.70. The lowest BCUT2D eigenvalue weighted by Gasteiger charge is -2.07. The number of hydrogen-bond acceptors (Lipinski definition) is 5. The molecule has 0 unspecified atom stereocenters. The Morgan fingerprint density at radius 1 is 1.41 bits per heavy atom. The first kappa shape index (κ1) is 10.5. The molecule has 2 N–H and O–H groups in total. The zero-order valence-corrected chi connectivity index (χ0v) is 10.3. The van der Waals surface area contributed by atoms with Gasteiger partial charge in [0.1, 0.15) is 5.82 Å². The lowest BCUT2D eigenvalue weighted by atomic mass is 10.2. The molecule has 5 heteroatoms. The summed E-state index contributed by atoms with van der Waals surface area (Å²) in [5, 5.41) is 0.577. The molecular formula is C12H13N3OS. The van der Waals surface area contributed by atoms with Crippen LogP contribution in [0.15, 0.2) is 18.2 Å². The minimum atomic E-state index is 0.554. The van der Waals surface area contributed by atoms with Crippen molar-refractivity contribution in [2.24, 2.45) is 0 Å². The van der Waals surface area contributed by atoms with E-state index in [1.165, 1.54) is 24.4 Å². The van der Waals surface area contributed by atoms with Crippen LogP contribution in [0.2, 0.25) is 0 Å². The van der Waals surface area contributed by atoms with Crippen molar-refractivity contribution in [2.75, 3.05) is 5.73 Å².